The van der Waals surface area contributed by atoms with Gasteiger partial charge in [-0.1, -0.05) is 13.8 Å². The van der Waals surface area contributed by atoms with Gasteiger partial charge in [-0.2, -0.15) is 0 Å². The highest BCUT2D eigenvalue weighted by Crippen LogP contribution is 2.16. The van der Waals surface area contributed by atoms with Gasteiger partial charge in [0.05, 0.1) is 17.8 Å². The van der Waals surface area contributed by atoms with Gasteiger partial charge in [-0.25, -0.2) is 9.37 Å². The first kappa shape index (κ1) is 14.5. The van der Waals surface area contributed by atoms with Gasteiger partial charge in [0.1, 0.15) is 11.5 Å². The quantitative estimate of drug-likeness (QED) is 0.878. The number of hydrogen-bond donors (Lipinski definition) is 1. The minimum absolute atomic E-state index is 0.153. The minimum Gasteiger partial charge on any atom is -0.481 e. The van der Waals surface area contributed by atoms with Crippen molar-refractivity contribution in [3.63, 3.8) is 0 Å². The van der Waals surface area contributed by atoms with Crippen LogP contribution < -0.4 is 0 Å². The summed E-state index contributed by atoms with van der Waals surface area (Å²) < 4.78 is 15.1. The number of carbonyl (C=O) groups is 1. The molecule has 6 heteroatoms. The van der Waals surface area contributed by atoms with Crippen molar-refractivity contribution in [2.24, 2.45) is 0 Å². The van der Waals surface area contributed by atoms with Crippen LogP contribution in [0, 0.1) is 5.82 Å². The van der Waals surface area contributed by atoms with Crippen molar-refractivity contribution in [3.8, 4) is 0 Å². The van der Waals surface area contributed by atoms with Crippen LogP contribution in [0.2, 0.25) is 0 Å². The van der Waals surface area contributed by atoms with Crippen molar-refractivity contribution in [3.05, 3.63) is 35.5 Å². The first-order valence-corrected chi connectivity index (χ1v) is 6.64. The molecule has 0 aliphatic rings. The van der Waals surface area contributed by atoms with Gasteiger partial charge >= 0.3 is 5.97 Å². The Labute approximate surface area is 116 Å². The molecule has 5 nitrogen and oxygen atoms in total. The van der Waals surface area contributed by atoms with Gasteiger partial charge in [-0.3, -0.25) is 14.1 Å². The van der Waals surface area contributed by atoms with Gasteiger partial charge in [0.25, 0.3) is 0 Å². The van der Waals surface area contributed by atoms with Gasteiger partial charge in [0, 0.05) is 12.7 Å². The molecule has 0 aliphatic carbocycles. The molecule has 0 amide bonds. The standard InChI is InChI=1S/C14H18FN3O2/c1-3-17(4-2)9-12-11(7-14(19)20)16-13-6-5-10(15)8-18(12)13/h5-6,8H,3-4,7,9H2,1-2H3,(H,19,20). The van der Waals surface area contributed by atoms with Crippen LogP contribution in [0.25, 0.3) is 5.65 Å². The molecule has 0 saturated heterocycles. The summed E-state index contributed by atoms with van der Waals surface area (Å²) in [6.45, 7) is 6.30. The number of aromatic nitrogens is 2. The lowest BCUT2D eigenvalue weighted by molar-refractivity contribution is -0.136. The Balaban J connectivity index is 2.50. The molecule has 1 N–H and O–H groups in total. The Morgan fingerprint density at radius 2 is 2.10 bits per heavy atom. The van der Waals surface area contributed by atoms with E-state index in [9.17, 15) is 9.18 Å². The van der Waals surface area contributed by atoms with E-state index < -0.39 is 5.97 Å². The number of nitrogens with zero attached hydrogens (tertiary/aromatic N) is 3. The second-order valence-electron chi connectivity index (χ2n) is 4.61. The summed E-state index contributed by atoms with van der Waals surface area (Å²) in [5.41, 5.74) is 1.81. The molecule has 20 heavy (non-hydrogen) atoms. The lowest BCUT2D eigenvalue weighted by Gasteiger charge is -2.18. The molecular formula is C14H18FN3O2. The number of halogens is 1. The minimum atomic E-state index is -0.935. The highest BCUT2D eigenvalue weighted by molar-refractivity contribution is 5.70. The molecule has 0 radical (unpaired) electrons. The second kappa shape index (κ2) is 6.00. The zero-order valence-corrected chi connectivity index (χ0v) is 11.6. The summed E-state index contributed by atoms with van der Waals surface area (Å²) in [7, 11) is 0. The van der Waals surface area contributed by atoms with E-state index in [1.807, 2.05) is 13.8 Å². The summed E-state index contributed by atoms with van der Waals surface area (Å²) in [6, 6.07) is 2.89. The average Bonchev–Trinajstić information content (AvgIpc) is 2.72. The number of fused-ring (bicyclic) bond motifs is 1. The number of pyridine rings is 1. The van der Waals surface area contributed by atoms with Crippen LogP contribution >= 0.6 is 0 Å². The normalized spacial score (nSPS) is 11.4. The molecule has 108 valence electrons. The predicted molar refractivity (Wildman–Crippen MR) is 73.1 cm³/mol. The first-order chi connectivity index (χ1) is 9.55. The highest BCUT2D eigenvalue weighted by Gasteiger charge is 2.17. The third kappa shape index (κ3) is 2.96. The van der Waals surface area contributed by atoms with Crippen molar-refractivity contribution >= 4 is 11.6 Å². The maximum atomic E-state index is 13.4. The van der Waals surface area contributed by atoms with Crippen LogP contribution in [0.5, 0.6) is 0 Å². The van der Waals surface area contributed by atoms with Crippen molar-refractivity contribution in [1.82, 2.24) is 14.3 Å². The number of carboxylic acids is 1. The lowest BCUT2D eigenvalue weighted by atomic mass is 10.2. The zero-order valence-electron chi connectivity index (χ0n) is 11.6. The maximum Gasteiger partial charge on any atom is 0.309 e. The number of aliphatic carboxylic acids is 1. The van der Waals surface area contributed by atoms with Crippen molar-refractivity contribution in [2.75, 3.05) is 13.1 Å². The first-order valence-electron chi connectivity index (χ1n) is 6.64. The molecule has 2 aromatic heterocycles. The Bertz CT molecular complexity index is 620. The smallest absolute Gasteiger partial charge is 0.309 e. The van der Waals surface area contributed by atoms with Crippen molar-refractivity contribution in [1.29, 1.82) is 0 Å². The average molecular weight is 279 g/mol. The molecule has 0 unspecified atom stereocenters. The van der Waals surface area contributed by atoms with Crippen LogP contribution in [0.4, 0.5) is 4.39 Å². The van der Waals surface area contributed by atoms with E-state index in [4.69, 9.17) is 5.11 Å². The van der Waals surface area contributed by atoms with Gasteiger partial charge in [-0.15, -0.1) is 0 Å². The third-order valence-corrected chi connectivity index (χ3v) is 3.35. The maximum absolute atomic E-state index is 13.4. The van der Waals surface area contributed by atoms with Crippen LogP contribution in [-0.2, 0) is 17.8 Å². The van der Waals surface area contributed by atoms with E-state index in [0.29, 0.717) is 17.9 Å². The Hall–Kier alpha value is -1.95. The molecule has 0 aromatic carbocycles. The van der Waals surface area contributed by atoms with Gasteiger partial charge in [-0.05, 0) is 25.2 Å². The van der Waals surface area contributed by atoms with E-state index in [0.717, 1.165) is 18.8 Å². The number of imidazole rings is 1. The molecule has 0 saturated carbocycles. The summed E-state index contributed by atoms with van der Waals surface area (Å²) in [5.74, 6) is -1.30. The highest BCUT2D eigenvalue weighted by atomic mass is 19.1. The fourth-order valence-corrected chi connectivity index (χ4v) is 2.23. The summed E-state index contributed by atoms with van der Waals surface area (Å²) in [4.78, 5) is 17.4. The SMILES string of the molecule is CCN(CC)Cc1c(CC(=O)O)nc2ccc(F)cn12. The van der Waals surface area contributed by atoms with E-state index in [2.05, 4.69) is 9.88 Å². The fraction of sp³-hybridized carbons (Fsp3) is 0.429. The fourth-order valence-electron chi connectivity index (χ4n) is 2.23. The largest absolute Gasteiger partial charge is 0.481 e. The molecule has 2 rings (SSSR count). The van der Waals surface area contributed by atoms with Gasteiger partial charge < -0.3 is 5.11 Å². The Morgan fingerprint density at radius 1 is 1.40 bits per heavy atom. The zero-order chi connectivity index (χ0) is 14.7. The monoisotopic (exact) mass is 279 g/mol. The van der Waals surface area contributed by atoms with Crippen molar-refractivity contribution < 1.29 is 14.3 Å². The van der Waals surface area contributed by atoms with E-state index in [1.54, 1.807) is 10.5 Å². The lowest BCUT2D eigenvalue weighted by Crippen LogP contribution is -2.24. The number of rotatable bonds is 6. The van der Waals surface area contributed by atoms with Crippen LogP contribution in [0.1, 0.15) is 25.2 Å². The summed E-state index contributed by atoms with van der Waals surface area (Å²) in [5, 5.41) is 8.98. The van der Waals surface area contributed by atoms with Gasteiger partial charge in [0.15, 0.2) is 0 Å². The third-order valence-electron chi connectivity index (χ3n) is 3.35. The Morgan fingerprint density at radius 3 is 2.70 bits per heavy atom. The molecule has 0 fully saturated rings. The summed E-state index contributed by atoms with van der Waals surface area (Å²) >= 11 is 0. The molecule has 0 spiro atoms. The molecule has 2 heterocycles. The molecule has 0 bridgehead atoms. The van der Waals surface area contributed by atoms with E-state index in [1.165, 1.54) is 12.3 Å². The van der Waals surface area contributed by atoms with Crippen LogP contribution in [0.3, 0.4) is 0 Å². The Kier molecular flexibility index (Phi) is 4.34. The molecule has 0 atom stereocenters. The number of hydrogen-bond acceptors (Lipinski definition) is 3. The molecular weight excluding hydrogens is 261 g/mol. The molecule has 2 aromatic rings. The van der Waals surface area contributed by atoms with Crippen molar-refractivity contribution in [2.45, 2.75) is 26.8 Å². The van der Waals surface area contributed by atoms with E-state index >= 15 is 0 Å². The van der Waals surface area contributed by atoms with Crippen LogP contribution in [0.15, 0.2) is 18.3 Å². The predicted octanol–water partition coefficient (Wildman–Crippen LogP) is 1.94. The number of carboxylic acid groups (broad SMARTS) is 1. The summed E-state index contributed by atoms with van der Waals surface area (Å²) in [6.07, 6.45) is 1.20. The van der Waals surface area contributed by atoms with Crippen LogP contribution in [-0.4, -0.2) is 38.4 Å². The topological polar surface area (TPSA) is 57.8 Å². The second-order valence-corrected chi connectivity index (χ2v) is 4.61. The van der Waals surface area contributed by atoms with E-state index in [-0.39, 0.29) is 12.2 Å². The molecule has 0 aliphatic heterocycles. The van der Waals surface area contributed by atoms with Gasteiger partial charge in [0.2, 0.25) is 0 Å².